The lowest BCUT2D eigenvalue weighted by Crippen LogP contribution is -1.93. The molecule has 0 spiro atoms. The number of hydrogen-bond donors (Lipinski definition) is 1. The average Bonchev–Trinajstić information content (AvgIpc) is 2.24. The zero-order chi connectivity index (χ0) is 12.0. The Morgan fingerprint density at radius 1 is 1.56 bits per heavy atom. The van der Waals surface area contributed by atoms with E-state index in [-0.39, 0.29) is 6.42 Å². The molecule has 0 aromatic carbocycles. The maximum atomic E-state index is 10.4. The molecule has 1 heterocycles. The van der Waals surface area contributed by atoms with Crippen LogP contribution in [-0.4, -0.2) is 16.1 Å². The van der Waals surface area contributed by atoms with Gasteiger partial charge in [-0.2, -0.15) is 0 Å². The Labute approximate surface area is 103 Å². The molecule has 16 heavy (non-hydrogen) atoms. The minimum absolute atomic E-state index is 0.172. The molecule has 1 N–H and O–H groups in total. The van der Waals surface area contributed by atoms with Crippen LogP contribution >= 0.6 is 15.9 Å². The lowest BCUT2D eigenvalue weighted by Gasteiger charge is -2.04. The summed E-state index contributed by atoms with van der Waals surface area (Å²) in [7, 11) is 0. The van der Waals surface area contributed by atoms with E-state index < -0.39 is 5.97 Å². The minimum atomic E-state index is -0.765. The van der Waals surface area contributed by atoms with Crippen LogP contribution in [0, 0.1) is 0 Å². The molecule has 1 aromatic rings. The van der Waals surface area contributed by atoms with Gasteiger partial charge in [0.1, 0.15) is 0 Å². The molecule has 0 radical (unpaired) electrons. The number of pyridine rings is 1. The Morgan fingerprint density at radius 2 is 2.31 bits per heavy atom. The third-order valence-electron chi connectivity index (χ3n) is 2.21. The molecule has 0 atom stereocenters. The highest BCUT2D eigenvalue weighted by Gasteiger charge is 2.01. The van der Waals surface area contributed by atoms with Gasteiger partial charge in [0.25, 0.3) is 0 Å². The molecule has 0 saturated heterocycles. The van der Waals surface area contributed by atoms with Gasteiger partial charge >= 0.3 is 5.97 Å². The van der Waals surface area contributed by atoms with Crippen LogP contribution < -0.4 is 0 Å². The van der Waals surface area contributed by atoms with Crippen molar-refractivity contribution in [2.24, 2.45) is 0 Å². The van der Waals surface area contributed by atoms with E-state index in [1.165, 1.54) is 0 Å². The van der Waals surface area contributed by atoms with Gasteiger partial charge in [-0.05, 0) is 46.0 Å². The van der Waals surface area contributed by atoms with Crippen molar-refractivity contribution in [1.82, 2.24) is 4.98 Å². The van der Waals surface area contributed by atoms with Crippen molar-refractivity contribution in [2.45, 2.75) is 26.2 Å². The normalized spacial score (nSPS) is 11.5. The van der Waals surface area contributed by atoms with Crippen molar-refractivity contribution in [2.75, 3.05) is 0 Å². The molecule has 0 amide bonds. The largest absolute Gasteiger partial charge is 0.481 e. The zero-order valence-corrected chi connectivity index (χ0v) is 10.7. The van der Waals surface area contributed by atoms with Gasteiger partial charge in [-0.25, -0.2) is 0 Å². The van der Waals surface area contributed by atoms with Gasteiger partial charge in [0, 0.05) is 23.3 Å². The standard InChI is InChI=1S/C12H14BrNO2/c1-2-9(4-3-5-12(15)16)10-6-11(13)8-14-7-10/h4,6-8H,2-3,5H2,1H3,(H,15,16)/b9-4+. The summed E-state index contributed by atoms with van der Waals surface area (Å²) in [6.07, 6.45) is 7.10. The van der Waals surface area contributed by atoms with Crippen molar-refractivity contribution in [3.63, 3.8) is 0 Å². The maximum absolute atomic E-state index is 10.4. The van der Waals surface area contributed by atoms with Gasteiger partial charge in [-0.1, -0.05) is 13.0 Å². The number of aliphatic carboxylic acids is 1. The van der Waals surface area contributed by atoms with E-state index in [4.69, 9.17) is 5.11 Å². The number of carboxylic acid groups (broad SMARTS) is 1. The number of allylic oxidation sites excluding steroid dienone is 2. The number of halogens is 1. The lowest BCUT2D eigenvalue weighted by molar-refractivity contribution is -0.136. The van der Waals surface area contributed by atoms with E-state index >= 15 is 0 Å². The monoisotopic (exact) mass is 283 g/mol. The molecule has 1 rings (SSSR count). The summed E-state index contributed by atoms with van der Waals surface area (Å²) in [5, 5.41) is 8.56. The van der Waals surface area contributed by atoms with Crippen LogP contribution in [0.25, 0.3) is 5.57 Å². The summed E-state index contributed by atoms with van der Waals surface area (Å²) in [5.41, 5.74) is 2.18. The molecule has 0 aliphatic rings. The van der Waals surface area contributed by atoms with E-state index in [9.17, 15) is 4.79 Å². The summed E-state index contributed by atoms with van der Waals surface area (Å²) < 4.78 is 0.933. The van der Waals surface area contributed by atoms with E-state index in [2.05, 4.69) is 20.9 Å². The fourth-order valence-corrected chi connectivity index (χ4v) is 1.79. The second-order valence-electron chi connectivity index (χ2n) is 3.41. The summed E-state index contributed by atoms with van der Waals surface area (Å²) >= 11 is 3.37. The highest BCUT2D eigenvalue weighted by atomic mass is 79.9. The molecule has 0 aliphatic heterocycles. The first-order valence-corrected chi connectivity index (χ1v) is 5.94. The molecular weight excluding hydrogens is 270 g/mol. The van der Waals surface area contributed by atoms with Crippen molar-refractivity contribution in [3.05, 3.63) is 34.6 Å². The number of carboxylic acids is 1. The lowest BCUT2D eigenvalue weighted by atomic mass is 10.0. The molecule has 3 nitrogen and oxygen atoms in total. The third-order valence-corrected chi connectivity index (χ3v) is 2.64. The van der Waals surface area contributed by atoms with E-state index in [0.29, 0.717) is 6.42 Å². The second-order valence-corrected chi connectivity index (χ2v) is 4.32. The molecule has 1 aromatic heterocycles. The molecule has 0 aliphatic carbocycles. The number of rotatable bonds is 5. The molecule has 86 valence electrons. The van der Waals surface area contributed by atoms with Gasteiger partial charge in [0.05, 0.1) is 0 Å². The smallest absolute Gasteiger partial charge is 0.303 e. The molecule has 0 fully saturated rings. The first kappa shape index (κ1) is 12.9. The van der Waals surface area contributed by atoms with Gasteiger partial charge in [0.15, 0.2) is 0 Å². The Balaban J connectivity index is 2.77. The first-order valence-electron chi connectivity index (χ1n) is 5.15. The quantitative estimate of drug-likeness (QED) is 0.900. The Hall–Kier alpha value is -1.16. The molecule has 4 heteroatoms. The SMILES string of the molecule is CC/C(=C\CCC(=O)O)c1cncc(Br)c1. The van der Waals surface area contributed by atoms with Crippen molar-refractivity contribution < 1.29 is 9.90 Å². The summed E-state index contributed by atoms with van der Waals surface area (Å²) in [4.78, 5) is 14.5. The second kappa shape index (κ2) is 6.43. The number of aromatic nitrogens is 1. The van der Waals surface area contributed by atoms with Crippen molar-refractivity contribution >= 4 is 27.5 Å². The van der Waals surface area contributed by atoms with Gasteiger partial charge in [0.2, 0.25) is 0 Å². The highest BCUT2D eigenvalue weighted by Crippen LogP contribution is 2.21. The van der Waals surface area contributed by atoms with E-state index in [1.807, 2.05) is 19.1 Å². The fourth-order valence-electron chi connectivity index (χ4n) is 1.42. The van der Waals surface area contributed by atoms with Crippen molar-refractivity contribution in [1.29, 1.82) is 0 Å². The van der Waals surface area contributed by atoms with Crippen LogP contribution in [0.4, 0.5) is 0 Å². The Kier molecular flexibility index (Phi) is 5.19. The van der Waals surface area contributed by atoms with Crippen LogP contribution in [0.15, 0.2) is 29.0 Å². The third kappa shape index (κ3) is 4.14. The van der Waals surface area contributed by atoms with Crippen LogP contribution in [-0.2, 0) is 4.79 Å². The Morgan fingerprint density at radius 3 is 2.88 bits per heavy atom. The number of nitrogens with zero attached hydrogens (tertiary/aromatic N) is 1. The van der Waals surface area contributed by atoms with E-state index in [0.717, 1.165) is 22.0 Å². The van der Waals surface area contributed by atoms with Gasteiger partial charge in [-0.3, -0.25) is 9.78 Å². The predicted molar refractivity (Wildman–Crippen MR) is 67.1 cm³/mol. The number of carbonyl (C=O) groups is 1. The Bertz CT molecular complexity index is 402. The number of hydrogen-bond acceptors (Lipinski definition) is 2. The minimum Gasteiger partial charge on any atom is -0.481 e. The summed E-state index contributed by atoms with van der Waals surface area (Å²) in [5.74, 6) is -0.765. The predicted octanol–water partition coefficient (Wildman–Crippen LogP) is 3.50. The van der Waals surface area contributed by atoms with Gasteiger partial charge in [-0.15, -0.1) is 0 Å². The molecule has 0 saturated carbocycles. The summed E-state index contributed by atoms with van der Waals surface area (Å²) in [6, 6.07) is 1.99. The van der Waals surface area contributed by atoms with Crippen LogP contribution in [0.2, 0.25) is 0 Å². The van der Waals surface area contributed by atoms with E-state index in [1.54, 1.807) is 12.4 Å². The average molecular weight is 284 g/mol. The highest BCUT2D eigenvalue weighted by molar-refractivity contribution is 9.10. The maximum Gasteiger partial charge on any atom is 0.303 e. The zero-order valence-electron chi connectivity index (χ0n) is 9.11. The first-order chi connectivity index (χ1) is 7.63. The molecule has 0 unspecified atom stereocenters. The van der Waals surface area contributed by atoms with Crippen molar-refractivity contribution in [3.8, 4) is 0 Å². The molecular formula is C12H14BrNO2. The van der Waals surface area contributed by atoms with Crippen LogP contribution in [0.1, 0.15) is 31.7 Å². The van der Waals surface area contributed by atoms with Crippen LogP contribution in [0.3, 0.4) is 0 Å². The summed E-state index contributed by atoms with van der Waals surface area (Å²) in [6.45, 7) is 2.05. The van der Waals surface area contributed by atoms with Crippen LogP contribution in [0.5, 0.6) is 0 Å². The topological polar surface area (TPSA) is 50.2 Å². The van der Waals surface area contributed by atoms with Gasteiger partial charge < -0.3 is 5.11 Å². The molecule has 0 bridgehead atoms. The fraction of sp³-hybridized carbons (Fsp3) is 0.333.